The lowest BCUT2D eigenvalue weighted by Gasteiger charge is -2.14. The number of rotatable bonds is 7. The largest absolute Gasteiger partial charge is 0.384 e. The summed E-state index contributed by atoms with van der Waals surface area (Å²) in [5.74, 6) is -0.0938. The second-order valence-electron chi connectivity index (χ2n) is 5.81. The first-order chi connectivity index (χ1) is 11.6. The number of allylic oxidation sites excluding steroid dienone is 1. The molecule has 0 aliphatic rings. The number of aryl methyl sites for hydroxylation is 2. The molecular weight excluding hydrogens is 296 g/mol. The van der Waals surface area contributed by atoms with E-state index in [9.17, 15) is 4.79 Å². The molecule has 1 amide bonds. The Hall–Kier alpha value is -2.55. The normalized spacial score (nSPS) is 11.2. The Morgan fingerprint density at radius 3 is 2.17 bits per heavy atom. The summed E-state index contributed by atoms with van der Waals surface area (Å²) in [4.78, 5) is 12.3. The van der Waals surface area contributed by atoms with Crippen LogP contribution in [0.3, 0.4) is 0 Å². The van der Waals surface area contributed by atoms with Crippen molar-refractivity contribution in [2.75, 3.05) is 5.32 Å². The summed E-state index contributed by atoms with van der Waals surface area (Å²) >= 11 is 0. The molecule has 0 bridgehead atoms. The van der Waals surface area contributed by atoms with Gasteiger partial charge in [0.1, 0.15) is 0 Å². The summed E-state index contributed by atoms with van der Waals surface area (Å²) in [5.41, 5.74) is 5.34. The Kier molecular flexibility index (Phi) is 6.62. The van der Waals surface area contributed by atoms with Gasteiger partial charge in [-0.05, 0) is 36.5 Å². The van der Waals surface area contributed by atoms with Gasteiger partial charge in [0.15, 0.2) is 0 Å². The molecule has 2 N–H and O–H groups in total. The molecule has 0 fully saturated rings. The van der Waals surface area contributed by atoms with E-state index in [2.05, 4.69) is 54.8 Å². The standard InChI is InChI=1S/C21H26N2O/c1-4-18-12-9-13-19(5-2)21(18)23-20(24)14-16(3)22-15-17-10-7-6-8-11-17/h6-14,22H,4-5,15H2,1-3H3,(H,23,24). The van der Waals surface area contributed by atoms with Crippen molar-refractivity contribution >= 4 is 11.6 Å². The van der Waals surface area contributed by atoms with E-state index in [0.717, 1.165) is 24.2 Å². The summed E-state index contributed by atoms with van der Waals surface area (Å²) < 4.78 is 0. The number of hydrogen-bond donors (Lipinski definition) is 2. The Labute approximate surface area is 144 Å². The van der Waals surface area contributed by atoms with E-state index in [-0.39, 0.29) is 5.91 Å². The number of carbonyl (C=O) groups is 1. The average molecular weight is 322 g/mol. The second kappa shape index (κ2) is 8.92. The second-order valence-corrected chi connectivity index (χ2v) is 5.81. The van der Waals surface area contributed by atoms with Gasteiger partial charge in [0.2, 0.25) is 5.91 Å². The first-order valence-corrected chi connectivity index (χ1v) is 8.51. The molecule has 3 nitrogen and oxygen atoms in total. The molecule has 0 atom stereocenters. The third-order valence-electron chi connectivity index (χ3n) is 4.01. The lowest BCUT2D eigenvalue weighted by atomic mass is 10.0. The molecule has 126 valence electrons. The zero-order chi connectivity index (χ0) is 17.4. The number of hydrogen-bond acceptors (Lipinski definition) is 2. The summed E-state index contributed by atoms with van der Waals surface area (Å²) in [5, 5.41) is 6.33. The van der Waals surface area contributed by atoms with E-state index in [1.165, 1.54) is 16.7 Å². The van der Waals surface area contributed by atoms with E-state index in [0.29, 0.717) is 6.54 Å². The molecule has 0 radical (unpaired) electrons. The van der Waals surface area contributed by atoms with Crippen LogP contribution in [0.5, 0.6) is 0 Å². The van der Waals surface area contributed by atoms with Gasteiger partial charge in [0.25, 0.3) is 0 Å². The van der Waals surface area contributed by atoms with E-state index in [4.69, 9.17) is 0 Å². The molecule has 0 saturated heterocycles. The minimum atomic E-state index is -0.0938. The fourth-order valence-corrected chi connectivity index (χ4v) is 2.65. The summed E-state index contributed by atoms with van der Waals surface area (Å²) in [6.45, 7) is 6.83. The highest BCUT2D eigenvalue weighted by Crippen LogP contribution is 2.22. The molecule has 0 unspecified atom stereocenters. The molecule has 0 heterocycles. The smallest absolute Gasteiger partial charge is 0.250 e. The van der Waals surface area contributed by atoms with Crippen LogP contribution < -0.4 is 10.6 Å². The van der Waals surface area contributed by atoms with E-state index < -0.39 is 0 Å². The Bertz CT molecular complexity index is 683. The van der Waals surface area contributed by atoms with E-state index in [1.807, 2.05) is 25.1 Å². The number of nitrogens with one attached hydrogen (secondary N) is 2. The number of benzene rings is 2. The molecule has 0 aliphatic carbocycles. The van der Waals surface area contributed by atoms with E-state index >= 15 is 0 Å². The maximum atomic E-state index is 12.3. The molecule has 3 heteroatoms. The fourth-order valence-electron chi connectivity index (χ4n) is 2.65. The molecule has 0 spiro atoms. The molecule has 2 aromatic carbocycles. The van der Waals surface area contributed by atoms with Crippen LogP contribution in [-0.4, -0.2) is 5.91 Å². The van der Waals surface area contributed by atoms with Gasteiger partial charge in [-0.3, -0.25) is 4.79 Å². The van der Waals surface area contributed by atoms with E-state index in [1.54, 1.807) is 6.08 Å². The van der Waals surface area contributed by atoms with Gasteiger partial charge in [-0.25, -0.2) is 0 Å². The summed E-state index contributed by atoms with van der Waals surface area (Å²) in [6, 6.07) is 16.3. The van der Waals surface area contributed by atoms with Crippen LogP contribution in [0.25, 0.3) is 0 Å². The maximum absolute atomic E-state index is 12.3. The van der Waals surface area contributed by atoms with Crippen LogP contribution in [0, 0.1) is 0 Å². The highest BCUT2D eigenvalue weighted by atomic mass is 16.1. The molecule has 24 heavy (non-hydrogen) atoms. The van der Waals surface area contributed by atoms with Crippen LogP contribution in [-0.2, 0) is 24.2 Å². The predicted molar refractivity (Wildman–Crippen MR) is 101 cm³/mol. The van der Waals surface area contributed by atoms with Crippen molar-refractivity contribution in [2.45, 2.75) is 40.2 Å². The first-order valence-electron chi connectivity index (χ1n) is 8.51. The number of para-hydroxylation sites is 1. The van der Waals surface area contributed by atoms with Crippen LogP contribution in [0.1, 0.15) is 37.5 Å². The first kappa shape index (κ1) is 17.8. The Morgan fingerprint density at radius 1 is 0.958 bits per heavy atom. The van der Waals surface area contributed by atoms with Gasteiger partial charge in [0, 0.05) is 24.0 Å². The Balaban J connectivity index is 2.02. The zero-order valence-corrected chi connectivity index (χ0v) is 14.7. The fraction of sp³-hybridized carbons (Fsp3) is 0.286. The lowest BCUT2D eigenvalue weighted by Crippen LogP contribution is -2.16. The van der Waals surface area contributed by atoms with Crippen molar-refractivity contribution in [3.63, 3.8) is 0 Å². The van der Waals surface area contributed by atoms with Crippen molar-refractivity contribution in [1.82, 2.24) is 5.32 Å². The third-order valence-corrected chi connectivity index (χ3v) is 4.01. The minimum absolute atomic E-state index is 0.0938. The van der Waals surface area contributed by atoms with Gasteiger partial charge < -0.3 is 10.6 Å². The number of anilines is 1. The monoisotopic (exact) mass is 322 g/mol. The van der Waals surface area contributed by atoms with Gasteiger partial charge in [-0.2, -0.15) is 0 Å². The van der Waals surface area contributed by atoms with Gasteiger partial charge in [-0.15, -0.1) is 0 Å². The number of amides is 1. The van der Waals surface area contributed by atoms with Gasteiger partial charge in [-0.1, -0.05) is 62.4 Å². The zero-order valence-electron chi connectivity index (χ0n) is 14.7. The topological polar surface area (TPSA) is 41.1 Å². The molecule has 0 aliphatic heterocycles. The maximum Gasteiger partial charge on any atom is 0.250 e. The van der Waals surface area contributed by atoms with Crippen molar-refractivity contribution in [1.29, 1.82) is 0 Å². The van der Waals surface area contributed by atoms with Crippen molar-refractivity contribution in [3.8, 4) is 0 Å². The summed E-state index contributed by atoms with van der Waals surface area (Å²) in [6.07, 6.45) is 3.42. The Morgan fingerprint density at radius 2 is 1.58 bits per heavy atom. The molecule has 2 rings (SSSR count). The van der Waals surface area contributed by atoms with Gasteiger partial charge in [0.05, 0.1) is 0 Å². The van der Waals surface area contributed by atoms with Crippen molar-refractivity contribution < 1.29 is 4.79 Å². The minimum Gasteiger partial charge on any atom is -0.384 e. The van der Waals surface area contributed by atoms with Crippen LogP contribution in [0.4, 0.5) is 5.69 Å². The van der Waals surface area contributed by atoms with Gasteiger partial charge >= 0.3 is 0 Å². The van der Waals surface area contributed by atoms with Crippen molar-refractivity contribution in [3.05, 3.63) is 77.0 Å². The lowest BCUT2D eigenvalue weighted by molar-refractivity contribution is -0.112. The number of carbonyl (C=O) groups excluding carboxylic acids is 1. The summed E-state index contributed by atoms with van der Waals surface area (Å²) in [7, 11) is 0. The molecule has 0 saturated carbocycles. The molecule has 2 aromatic rings. The average Bonchev–Trinajstić information content (AvgIpc) is 2.61. The molecular formula is C21H26N2O. The third kappa shape index (κ3) is 4.98. The molecule has 0 aromatic heterocycles. The highest BCUT2D eigenvalue weighted by Gasteiger charge is 2.08. The van der Waals surface area contributed by atoms with Crippen LogP contribution >= 0.6 is 0 Å². The van der Waals surface area contributed by atoms with Crippen LogP contribution in [0.2, 0.25) is 0 Å². The van der Waals surface area contributed by atoms with Crippen molar-refractivity contribution in [2.24, 2.45) is 0 Å². The quantitative estimate of drug-likeness (QED) is 0.740. The predicted octanol–water partition coefficient (Wildman–Crippen LogP) is 4.44. The highest BCUT2D eigenvalue weighted by molar-refractivity contribution is 6.00. The SMILES string of the molecule is CCc1cccc(CC)c1NC(=O)C=C(C)NCc1ccccc1. The van der Waals surface area contributed by atoms with Crippen LogP contribution in [0.15, 0.2) is 60.3 Å².